The zero-order valence-corrected chi connectivity index (χ0v) is 32.1. The van der Waals surface area contributed by atoms with E-state index >= 15 is 0 Å². The Bertz CT molecular complexity index is 1770. The molecule has 2 heterocycles. The van der Waals surface area contributed by atoms with Crippen molar-refractivity contribution < 1.29 is 14.3 Å². The fourth-order valence-electron chi connectivity index (χ4n) is 5.41. The summed E-state index contributed by atoms with van der Waals surface area (Å²) in [7, 11) is 4.88. The predicted octanol–water partition coefficient (Wildman–Crippen LogP) is 7.57. The maximum atomic E-state index is 12.5. The number of nitrogens with one attached hydrogen (secondary N) is 3. The van der Waals surface area contributed by atoms with Crippen LogP contribution in [0.5, 0.6) is 5.75 Å². The molecule has 0 radical (unpaired) electrons. The molecule has 0 saturated heterocycles. The summed E-state index contributed by atoms with van der Waals surface area (Å²) >= 11 is 0. The Morgan fingerprint density at radius 2 is 1.83 bits per heavy atom. The summed E-state index contributed by atoms with van der Waals surface area (Å²) in [5, 5.41) is 16.7. The Labute approximate surface area is 309 Å². The predicted molar refractivity (Wildman–Crippen MR) is 212 cm³/mol. The van der Waals surface area contributed by atoms with Crippen molar-refractivity contribution in [1.82, 2.24) is 20.5 Å². The summed E-state index contributed by atoms with van der Waals surface area (Å²) in [6.07, 6.45) is 9.81. The normalized spacial score (nSPS) is 13.8. The number of carbonyl (C=O) groups is 2. The van der Waals surface area contributed by atoms with Gasteiger partial charge in [0.2, 0.25) is 5.91 Å². The number of aliphatic imine (C=N–C) groups is 1. The van der Waals surface area contributed by atoms with Crippen molar-refractivity contribution in [3.63, 3.8) is 0 Å². The van der Waals surface area contributed by atoms with Gasteiger partial charge in [-0.1, -0.05) is 59.1 Å². The van der Waals surface area contributed by atoms with Crippen molar-refractivity contribution in [3.05, 3.63) is 71.2 Å². The number of aryl methyl sites for hydroxylation is 1. The number of amides is 2. The highest BCUT2D eigenvalue weighted by molar-refractivity contribution is 6.03. The fraction of sp³-hybridized carbons (Fsp3) is 0.463. The number of pyridine rings is 1. The highest BCUT2D eigenvalue weighted by Crippen LogP contribution is 2.36. The lowest BCUT2D eigenvalue weighted by molar-refractivity contribution is -0.117. The molecule has 2 amide bonds. The molecule has 11 heteroatoms. The number of benzene rings is 1. The van der Waals surface area contributed by atoms with Crippen molar-refractivity contribution in [2.75, 3.05) is 31.8 Å². The third-order valence-corrected chi connectivity index (χ3v) is 8.85. The number of nitrogens with zero attached hydrogens (tertiary/aromatic N) is 4. The molecule has 11 nitrogen and oxygen atoms in total. The molecular weight excluding hydrogens is 653 g/mol. The minimum absolute atomic E-state index is 0.00223. The molecule has 1 aromatic carbocycles. The summed E-state index contributed by atoms with van der Waals surface area (Å²) < 4.78 is 5.79. The second-order valence-corrected chi connectivity index (χ2v) is 12.9. The first-order valence-corrected chi connectivity index (χ1v) is 18.4. The quantitative estimate of drug-likeness (QED) is 0.0931. The maximum Gasteiger partial charge on any atom is 0.273 e. The van der Waals surface area contributed by atoms with Crippen LogP contribution in [0.15, 0.2) is 53.5 Å². The van der Waals surface area contributed by atoms with Gasteiger partial charge in [-0.05, 0) is 80.7 Å². The van der Waals surface area contributed by atoms with Crippen LogP contribution in [-0.4, -0.2) is 53.9 Å². The standard InChI is InChI=1S/C29H41N7O3.C12H15N/c1-7-17(3)14-18(8-2)23(31-4)15-21(30)20-10-9-11-22(27(20)39-6)33-24-16-25(34-28(37)19-12-13-19)35-36-26(24)29(38)32-5;1-3-5-6-8-12-10-7-9-11(4-2)13-12/h9-11,15-19H,7-8,12-14,30H2,1-6H3,(H,32,38)(H2,33,34,35,37);7,9-10H,3-5H2,1-2H3/b21-15-,31-23?;. The van der Waals surface area contributed by atoms with Crippen LogP contribution in [-0.2, 0) is 11.2 Å². The van der Waals surface area contributed by atoms with E-state index in [2.05, 4.69) is 82.6 Å². The van der Waals surface area contributed by atoms with Crippen LogP contribution in [0.1, 0.15) is 107 Å². The van der Waals surface area contributed by atoms with Gasteiger partial charge in [0.05, 0.1) is 18.5 Å². The van der Waals surface area contributed by atoms with E-state index in [0.29, 0.717) is 40.2 Å². The van der Waals surface area contributed by atoms with E-state index in [1.54, 1.807) is 20.2 Å². The van der Waals surface area contributed by atoms with Gasteiger partial charge in [-0.25, -0.2) is 4.98 Å². The molecule has 0 bridgehead atoms. The highest BCUT2D eigenvalue weighted by Gasteiger charge is 2.30. The largest absolute Gasteiger partial charge is 0.494 e. The Morgan fingerprint density at radius 3 is 2.44 bits per heavy atom. The monoisotopic (exact) mass is 708 g/mol. The number of carbonyl (C=O) groups excluding carboxylic acids is 2. The van der Waals surface area contributed by atoms with Crippen LogP contribution in [0, 0.1) is 29.6 Å². The van der Waals surface area contributed by atoms with Crippen LogP contribution in [0.4, 0.5) is 17.2 Å². The van der Waals surface area contributed by atoms with Crippen molar-refractivity contribution in [3.8, 4) is 17.6 Å². The first-order valence-electron chi connectivity index (χ1n) is 18.4. The van der Waals surface area contributed by atoms with Gasteiger partial charge in [-0.2, -0.15) is 0 Å². The molecule has 4 rings (SSSR count). The maximum absolute atomic E-state index is 12.5. The Hall–Kier alpha value is -5.24. The van der Waals surface area contributed by atoms with E-state index in [1.807, 2.05) is 42.5 Å². The highest BCUT2D eigenvalue weighted by atomic mass is 16.5. The molecule has 1 aliphatic rings. The number of methoxy groups -OCH3 is 1. The molecule has 2 aromatic heterocycles. The van der Waals surface area contributed by atoms with E-state index in [-0.39, 0.29) is 23.3 Å². The summed E-state index contributed by atoms with van der Waals surface area (Å²) in [5.74, 6) is 7.28. The third-order valence-electron chi connectivity index (χ3n) is 8.85. The van der Waals surface area contributed by atoms with E-state index in [9.17, 15) is 9.59 Å². The molecule has 1 fully saturated rings. The number of anilines is 3. The van der Waals surface area contributed by atoms with Crippen LogP contribution >= 0.6 is 0 Å². The van der Waals surface area contributed by atoms with Crippen molar-refractivity contribution in [1.29, 1.82) is 0 Å². The molecule has 2 unspecified atom stereocenters. The number of hydrogen-bond donors (Lipinski definition) is 4. The molecule has 1 aliphatic carbocycles. The van der Waals surface area contributed by atoms with Gasteiger partial charge >= 0.3 is 0 Å². The van der Waals surface area contributed by atoms with Gasteiger partial charge in [0, 0.05) is 61.1 Å². The van der Waals surface area contributed by atoms with Crippen molar-refractivity contribution >= 4 is 40.4 Å². The lowest BCUT2D eigenvalue weighted by atomic mass is 9.87. The van der Waals surface area contributed by atoms with E-state index in [4.69, 9.17) is 10.5 Å². The smallest absolute Gasteiger partial charge is 0.273 e. The number of unbranched alkanes of at least 4 members (excludes halogenated alkanes) is 1. The molecule has 52 heavy (non-hydrogen) atoms. The Morgan fingerprint density at radius 1 is 1.08 bits per heavy atom. The lowest BCUT2D eigenvalue weighted by Gasteiger charge is -2.20. The molecule has 2 atom stereocenters. The van der Waals surface area contributed by atoms with Gasteiger partial charge in [0.1, 0.15) is 5.69 Å². The molecule has 5 N–H and O–H groups in total. The van der Waals surface area contributed by atoms with E-state index in [0.717, 1.165) is 68.5 Å². The van der Waals surface area contributed by atoms with Crippen LogP contribution < -0.4 is 26.4 Å². The summed E-state index contributed by atoms with van der Waals surface area (Å²) in [6, 6.07) is 13.1. The minimum Gasteiger partial charge on any atom is -0.494 e. The van der Waals surface area contributed by atoms with Gasteiger partial charge in [0.15, 0.2) is 17.3 Å². The van der Waals surface area contributed by atoms with Gasteiger partial charge in [-0.15, -0.1) is 10.2 Å². The second kappa shape index (κ2) is 21.2. The first-order chi connectivity index (χ1) is 25.1. The van der Waals surface area contributed by atoms with Crippen LogP contribution in [0.2, 0.25) is 0 Å². The number of rotatable bonds is 15. The Kier molecular flexibility index (Phi) is 16.8. The van der Waals surface area contributed by atoms with Gasteiger partial charge < -0.3 is 26.4 Å². The topological polar surface area (TPSA) is 157 Å². The SMILES string of the molecule is CCC(C)CC(CC)C(/C=C(\N)c1cccc(Nc2cc(NC(=O)C3CC3)nnc2C(=O)NC)c1OC)=NC.CCCC#Cc1cccc(CC)n1. The molecule has 0 aliphatic heterocycles. The third kappa shape index (κ3) is 12.2. The summed E-state index contributed by atoms with van der Waals surface area (Å²) in [6.45, 7) is 10.9. The summed E-state index contributed by atoms with van der Waals surface area (Å²) in [4.78, 5) is 33.8. The lowest BCUT2D eigenvalue weighted by Crippen LogP contribution is -2.22. The van der Waals surface area contributed by atoms with Gasteiger partial charge in [0.25, 0.3) is 5.91 Å². The fourth-order valence-corrected chi connectivity index (χ4v) is 5.41. The zero-order chi connectivity index (χ0) is 38.0. The van der Waals surface area contributed by atoms with E-state index < -0.39 is 5.91 Å². The molecule has 0 spiro atoms. The molecular formula is C41H56N8O3. The number of hydrogen-bond acceptors (Lipinski definition) is 9. The number of nitrogens with two attached hydrogens (primary N) is 1. The van der Waals surface area contributed by atoms with Crippen molar-refractivity contribution in [2.24, 2.45) is 28.5 Å². The molecule has 278 valence electrons. The van der Waals surface area contributed by atoms with Gasteiger partial charge in [-0.3, -0.25) is 14.6 Å². The number of ether oxygens (including phenoxy) is 1. The summed E-state index contributed by atoms with van der Waals surface area (Å²) in [5.41, 5.74) is 11.8. The second-order valence-electron chi connectivity index (χ2n) is 12.9. The average Bonchev–Trinajstić information content (AvgIpc) is 4.02. The number of allylic oxidation sites excluding steroid dienone is 1. The number of para-hydroxylation sites is 1. The average molecular weight is 709 g/mol. The number of aromatic nitrogens is 3. The van der Waals surface area contributed by atoms with Crippen molar-refractivity contribution in [2.45, 2.75) is 86.0 Å². The molecule has 3 aromatic rings. The molecule has 1 saturated carbocycles. The van der Waals surface area contributed by atoms with E-state index in [1.165, 1.54) is 7.05 Å². The first kappa shape index (κ1) is 41.2. The van der Waals surface area contributed by atoms with Crippen LogP contribution in [0.25, 0.3) is 5.70 Å². The Balaban J connectivity index is 0.000000471. The minimum atomic E-state index is -0.421. The zero-order valence-electron chi connectivity index (χ0n) is 32.1. The van der Waals surface area contributed by atoms with Crippen LogP contribution in [0.3, 0.4) is 0 Å².